The molecule has 6 heteroatoms. The molecule has 6 nitrogen and oxygen atoms in total. The van der Waals surface area contributed by atoms with Crippen LogP contribution in [-0.4, -0.2) is 40.7 Å². The van der Waals surface area contributed by atoms with Gasteiger partial charge in [-0.05, 0) is 17.7 Å². The molecule has 1 aromatic heterocycles. The van der Waals surface area contributed by atoms with E-state index in [1.807, 2.05) is 36.5 Å². The standard InChI is InChI=1S/C19H20N2O4/c1-12(22)21-17-15(18(23)24)7-5-9-19(17,25-2)10-13-11-20-16-8-4-3-6-14(13)16/h3-9,11,17,20H,10H2,1-2H3,(H,21,22)(H,23,24). The minimum absolute atomic E-state index is 0.0967. The van der Waals surface area contributed by atoms with Crippen molar-refractivity contribution < 1.29 is 19.4 Å². The number of carbonyl (C=O) groups excluding carboxylic acids is 1. The van der Waals surface area contributed by atoms with Crippen molar-refractivity contribution in [1.82, 2.24) is 10.3 Å². The van der Waals surface area contributed by atoms with E-state index < -0.39 is 17.6 Å². The largest absolute Gasteiger partial charge is 0.478 e. The Morgan fingerprint density at radius 3 is 2.80 bits per heavy atom. The fraction of sp³-hybridized carbons (Fsp3) is 0.263. The summed E-state index contributed by atoms with van der Waals surface area (Å²) in [6.45, 7) is 1.36. The molecule has 3 N–H and O–H groups in total. The molecule has 1 aliphatic carbocycles. The van der Waals surface area contributed by atoms with Crippen LogP contribution in [0.3, 0.4) is 0 Å². The number of carboxylic acids is 1. The maximum Gasteiger partial charge on any atom is 0.333 e. The van der Waals surface area contributed by atoms with Gasteiger partial charge in [0.1, 0.15) is 5.60 Å². The lowest BCUT2D eigenvalue weighted by Gasteiger charge is -2.39. The number of methoxy groups -OCH3 is 1. The van der Waals surface area contributed by atoms with Crippen molar-refractivity contribution in [3.05, 3.63) is 59.8 Å². The van der Waals surface area contributed by atoms with Crippen molar-refractivity contribution in [1.29, 1.82) is 0 Å². The molecule has 0 saturated heterocycles. The first kappa shape index (κ1) is 17.0. The number of hydrogen-bond donors (Lipinski definition) is 3. The number of aliphatic carboxylic acids is 1. The van der Waals surface area contributed by atoms with Gasteiger partial charge < -0.3 is 20.1 Å². The third-order valence-electron chi connectivity index (χ3n) is 4.57. The lowest BCUT2D eigenvalue weighted by atomic mass is 9.79. The molecule has 1 aliphatic rings. The van der Waals surface area contributed by atoms with E-state index >= 15 is 0 Å². The number of nitrogens with one attached hydrogen (secondary N) is 2. The molecule has 1 amide bonds. The number of hydrogen-bond acceptors (Lipinski definition) is 3. The number of amides is 1. The smallest absolute Gasteiger partial charge is 0.333 e. The summed E-state index contributed by atoms with van der Waals surface area (Å²) >= 11 is 0. The second kappa shape index (κ2) is 6.57. The summed E-state index contributed by atoms with van der Waals surface area (Å²) in [4.78, 5) is 26.5. The number of rotatable bonds is 5. The number of benzene rings is 1. The van der Waals surface area contributed by atoms with Crippen LogP contribution >= 0.6 is 0 Å². The van der Waals surface area contributed by atoms with E-state index in [2.05, 4.69) is 10.3 Å². The van der Waals surface area contributed by atoms with Gasteiger partial charge in [-0.2, -0.15) is 0 Å². The molecule has 0 fully saturated rings. The van der Waals surface area contributed by atoms with Crippen molar-refractivity contribution in [3.8, 4) is 0 Å². The van der Waals surface area contributed by atoms with Gasteiger partial charge in [0.2, 0.25) is 5.91 Å². The normalized spacial score (nSPS) is 22.6. The van der Waals surface area contributed by atoms with Crippen LogP contribution < -0.4 is 5.32 Å². The Bertz CT molecular complexity index is 880. The van der Waals surface area contributed by atoms with Gasteiger partial charge in [0.25, 0.3) is 0 Å². The predicted molar refractivity (Wildman–Crippen MR) is 94.2 cm³/mol. The molecule has 0 spiro atoms. The Morgan fingerprint density at radius 2 is 2.12 bits per heavy atom. The van der Waals surface area contributed by atoms with E-state index in [1.165, 1.54) is 20.1 Å². The molecule has 130 valence electrons. The molecule has 0 bridgehead atoms. The van der Waals surface area contributed by atoms with Crippen LogP contribution in [0.5, 0.6) is 0 Å². The Balaban J connectivity index is 2.05. The monoisotopic (exact) mass is 340 g/mol. The van der Waals surface area contributed by atoms with Crippen molar-refractivity contribution in [3.63, 3.8) is 0 Å². The Labute approximate surface area is 145 Å². The summed E-state index contributed by atoms with van der Waals surface area (Å²) in [5.74, 6) is -1.39. The minimum atomic E-state index is -1.08. The van der Waals surface area contributed by atoms with E-state index in [-0.39, 0.29) is 11.5 Å². The number of para-hydroxylation sites is 1. The first-order chi connectivity index (χ1) is 12.0. The average Bonchev–Trinajstić information content (AvgIpc) is 2.99. The third kappa shape index (κ3) is 3.08. The van der Waals surface area contributed by atoms with Crippen LogP contribution in [-0.2, 0) is 20.7 Å². The van der Waals surface area contributed by atoms with Gasteiger partial charge in [-0.1, -0.05) is 30.4 Å². The highest BCUT2D eigenvalue weighted by Gasteiger charge is 2.43. The minimum Gasteiger partial charge on any atom is -0.478 e. The molecule has 2 atom stereocenters. The number of allylic oxidation sites excluding steroid dienone is 2. The van der Waals surface area contributed by atoms with Crippen molar-refractivity contribution in [2.24, 2.45) is 0 Å². The lowest BCUT2D eigenvalue weighted by Crippen LogP contribution is -2.56. The van der Waals surface area contributed by atoms with Gasteiger partial charge in [-0.3, -0.25) is 4.79 Å². The number of carboxylic acid groups (broad SMARTS) is 1. The van der Waals surface area contributed by atoms with E-state index in [9.17, 15) is 14.7 Å². The first-order valence-corrected chi connectivity index (χ1v) is 7.97. The quantitative estimate of drug-likeness (QED) is 0.778. The Hall–Kier alpha value is -2.86. The molecule has 2 unspecified atom stereocenters. The molecular weight excluding hydrogens is 320 g/mol. The second-order valence-corrected chi connectivity index (χ2v) is 6.12. The van der Waals surface area contributed by atoms with Crippen LogP contribution in [0.4, 0.5) is 0 Å². The van der Waals surface area contributed by atoms with Gasteiger partial charge in [-0.25, -0.2) is 4.79 Å². The molecule has 0 saturated carbocycles. The summed E-state index contributed by atoms with van der Waals surface area (Å²) in [6.07, 6.45) is 7.28. The van der Waals surface area contributed by atoms with Gasteiger partial charge in [-0.15, -0.1) is 0 Å². The summed E-state index contributed by atoms with van der Waals surface area (Å²) in [6, 6.07) is 7.08. The third-order valence-corrected chi connectivity index (χ3v) is 4.57. The highest BCUT2D eigenvalue weighted by atomic mass is 16.5. The zero-order chi connectivity index (χ0) is 18.0. The van der Waals surface area contributed by atoms with Gasteiger partial charge in [0.05, 0.1) is 11.6 Å². The predicted octanol–water partition coefficient (Wildman–Crippen LogP) is 2.18. The van der Waals surface area contributed by atoms with Crippen molar-refractivity contribution in [2.75, 3.05) is 7.11 Å². The molecule has 0 radical (unpaired) electrons. The maximum absolute atomic E-state index is 11.7. The molecule has 25 heavy (non-hydrogen) atoms. The average molecular weight is 340 g/mol. The number of H-pyrrole nitrogens is 1. The highest BCUT2D eigenvalue weighted by molar-refractivity contribution is 5.91. The van der Waals surface area contributed by atoms with E-state index in [4.69, 9.17) is 4.74 Å². The van der Waals surface area contributed by atoms with Crippen molar-refractivity contribution >= 4 is 22.8 Å². The fourth-order valence-corrected chi connectivity index (χ4v) is 3.36. The molecule has 1 heterocycles. The maximum atomic E-state index is 11.7. The number of aromatic amines is 1. The van der Waals surface area contributed by atoms with Gasteiger partial charge >= 0.3 is 5.97 Å². The summed E-state index contributed by atoms with van der Waals surface area (Å²) in [7, 11) is 1.53. The van der Waals surface area contributed by atoms with Crippen LogP contribution in [0.25, 0.3) is 10.9 Å². The Kier molecular flexibility index (Phi) is 4.46. The fourth-order valence-electron chi connectivity index (χ4n) is 3.36. The topological polar surface area (TPSA) is 91.4 Å². The van der Waals surface area contributed by atoms with Crippen LogP contribution in [0.1, 0.15) is 12.5 Å². The number of fused-ring (bicyclic) bond motifs is 1. The lowest BCUT2D eigenvalue weighted by molar-refractivity contribution is -0.134. The summed E-state index contributed by atoms with van der Waals surface area (Å²) < 4.78 is 5.78. The molecule has 3 rings (SSSR count). The SMILES string of the molecule is COC1(Cc2c[nH]c3ccccc23)C=CC=C(C(=O)O)C1NC(C)=O. The van der Waals surface area contributed by atoms with Gasteiger partial charge in [0, 0.05) is 37.6 Å². The summed E-state index contributed by atoms with van der Waals surface area (Å²) in [5, 5.41) is 13.3. The molecular formula is C19H20N2O4. The van der Waals surface area contributed by atoms with Crippen LogP contribution in [0, 0.1) is 0 Å². The zero-order valence-corrected chi connectivity index (χ0v) is 14.1. The second-order valence-electron chi connectivity index (χ2n) is 6.12. The van der Waals surface area contributed by atoms with Crippen molar-refractivity contribution in [2.45, 2.75) is 25.0 Å². The van der Waals surface area contributed by atoms with E-state index in [0.717, 1.165) is 16.5 Å². The van der Waals surface area contributed by atoms with E-state index in [0.29, 0.717) is 6.42 Å². The zero-order valence-electron chi connectivity index (χ0n) is 14.1. The molecule has 0 aliphatic heterocycles. The molecule has 2 aromatic rings. The van der Waals surface area contributed by atoms with Gasteiger partial charge in [0.15, 0.2) is 0 Å². The number of aromatic nitrogens is 1. The number of ether oxygens (including phenoxy) is 1. The summed E-state index contributed by atoms with van der Waals surface area (Å²) in [5.41, 5.74) is 1.09. The Morgan fingerprint density at radius 1 is 1.36 bits per heavy atom. The first-order valence-electron chi connectivity index (χ1n) is 7.97. The highest BCUT2D eigenvalue weighted by Crippen LogP contribution is 2.33. The number of carbonyl (C=O) groups is 2. The van der Waals surface area contributed by atoms with Crippen LogP contribution in [0.2, 0.25) is 0 Å². The van der Waals surface area contributed by atoms with E-state index in [1.54, 1.807) is 6.08 Å². The van der Waals surface area contributed by atoms with Crippen LogP contribution in [0.15, 0.2) is 54.3 Å². The molecule has 1 aromatic carbocycles.